The number of rotatable bonds is 7. The number of nitrogens with zero attached hydrogens (tertiary/aromatic N) is 2. The van der Waals surface area contributed by atoms with Crippen molar-refractivity contribution in [3.05, 3.63) is 47.9 Å². The molecule has 0 aromatic carbocycles. The summed E-state index contributed by atoms with van der Waals surface area (Å²) in [7, 11) is 1.57. The molecular weight excluding hydrogens is 334 g/mol. The topological polar surface area (TPSA) is 93.6 Å². The molecule has 2 heterocycles. The van der Waals surface area contributed by atoms with Crippen LogP contribution in [0.1, 0.15) is 41.7 Å². The largest absolute Gasteiger partial charge is 0.495 e. The highest BCUT2D eigenvalue weighted by molar-refractivity contribution is 5.96. The van der Waals surface area contributed by atoms with Crippen LogP contribution in [0.15, 0.2) is 36.8 Å². The van der Waals surface area contributed by atoms with Gasteiger partial charge in [0.25, 0.3) is 5.91 Å². The SMILES string of the molecule is CCOc1ncccc1C(=O)N[C@H](c1cncc(OC)c1)C1CC(O)C1. The smallest absolute Gasteiger partial charge is 0.257 e. The first kappa shape index (κ1) is 18.1. The van der Waals surface area contributed by atoms with E-state index in [1.165, 1.54) is 0 Å². The summed E-state index contributed by atoms with van der Waals surface area (Å²) in [5.74, 6) is 0.799. The molecule has 0 spiro atoms. The van der Waals surface area contributed by atoms with Gasteiger partial charge in [-0.05, 0) is 49.4 Å². The van der Waals surface area contributed by atoms with E-state index in [9.17, 15) is 9.90 Å². The van der Waals surface area contributed by atoms with Crippen LogP contribution in [0.4, 0.5) is 0 Å². The second kappa shape index (κ2) is 8.14. The average Bonchev–Trinajstić information content (AvgIpc) is 2.64. The normalized spacial score (nSPS) is 20.0. The summed E-state index contributed by atoms with van der Waals surface area (Å²) < 4.78 is 10.7. The van der Waals surface area contributed by atoms with Gasteiger partial charge in [-0.3, -0.25) is 9.78 Å². The number of carbonyl (C=O) groups is 1. The molecule has 0 radical (unpaired) electrons. The molecule has 1 fully saturated rings. The minimum Gasteiger partial charge on any atom is -0.495 e. The molecule has 1 atom stereocenters. The number of hydrogen-bond donors (Lipinski definition) is 2. The van der Waals surface area contributed by atoms with Crippen molar-refractivity contribution in [1.29, 1.82) is 0 Å². The molecule has 0 unspecified atom stereocenters. The number of aromatic nitrogens is 2. The Kier molecular flexibility index (Phi) is 5.68. The van der Waals surface area contributed by atoms with Crippen molar-refractivity contribution in [2.45, 2.75) is 31.9 Å². The number of methoxy groups -OCH3 is 1. The Bertz CT molecular complexity index is 762. The molecule has 7 heteroatoms. The molecular formula is C19H23N3O4. The van der Waals surface area contributed by atoms with E-state index in [2.05, 4.69) is 15.3 Å². The zero-order chi connectivity index (χ0) is 18.5. The van der Waals surface area contributed by atoms with Gasteiger partial charge in [0, 0.05) is 12.4 Å². The molecule has 7 nitrogen and oxygen atoms in total. The van der Waals surface area contributed by atoms with Gasteiger partial charge in [-0.2, -0.15) is 0 Å². The lowest BCUT2D eigenvalue weighted by atomic mass is 9.75. The molecule has 3 rings (SSSR count). The van der Waals surface area contributed by atoms with Crippen molar-refractivity contribution in [2.75, 3.05) is 13.7 Å². The quantitative estimate of drug-likeness (QED) is 0.788. The Morgan fingerprint density at radius 2 is 2.23 bits per heavy atom. The highest BCUT2D eigenvalue weighted by atomic mass is 16.5. The van der Waals surface area contributed by atoms with Gasteiger partial charge in [0.05, 0.1) is 32.1 Å². The minimum absolute atomic E-state index is 0.134. The fraction of sp³-hybridized carbons (Fsp3) is 0.421. The molecule has 1 aliphatic rings. The number of nitrogens with one attached hydrogen (secondary N) is 1. The maximum Gasteiger partial charge on any atom is 0.257 e. The second-order valence-electron chi connectivity index (χ2n) is 6.28. The highest BCUT2D eigenvalue weighted by Crippen LogP contribution is 2.38. The molecule has 0 saturated heterocycles. The zero-order valence-electron chi connectivity index (χ0n) is 14.9. The highest BCUT2D eigenvalue weighted by Gasteiger charge is 2.36. The Hall–Kier alpha value is -2.67. The maximum absolute atomic E-state index is 12.9. The molecule has 1 aliphatic carbocycles. The Balaban J connectivity index is 1.85. The van der Waals surface area contributed by atoms with E-state index in [1.54, 1.807) is 37.8 Å². The van der Waals surface area contributed by atoms with E-state index >= 15 is 0 Å². The van der Waals surface area contributed by atoms with E-state index in [-0.39, 0.29) is 24.0 Å². The second-order valence-corrected chi connectivity index (χ2v) is 6.28. The van der Waals surface area contributed by atoms with E-state index < -0.39 is 0 Å². The summed E-state index contributed by atoms with van der Waals surface area (Å²) in [6.07, 6.45) is 5.86. The number of pyridine rings is 2. The van der Waals surface area contributed by atoms with Gasteiger partial charge in [-0.25, -0.2) is 4.98 Å². The van der Waals surface area contributed by atoms with Gasteiger partial charge in [0.2, 0.25) is 5.88 Å². The average molecular weight is 357 g/mol. The number of hydrogen-bond acceptors (Lipinski definition) is 6. The summed E-state index contributed by atoms with van der Waals surface area (Å²) in [5, 5.41) is 12.8. The lowest BCUT2D eigenvalue weighted by molar-refractivity contribution is 0.0234. The van der Waals surface area contributed by atoms with Gasteiger partial charge in [-0.15, -0.1) is 0 Å². The number of carbonyl (C=O) groups excluding carboxylic acids is 1. The first-order chi connectivity index (χ1) is 12.6. The fourth-order valence-electron chi connectivity index (χ4n) is 3.13. The number of ether oxygens (including phenoxy) is 2. The first-order valence-corrected chi connectivity index (χ1v) is 8.68. The lowest BCUT2D eigenvalue weighted by Gasteiger charge is -2.38. The van der Waals surface area contributed by atoms with E-state index in [1.807, 2.05) is 13.0 Å². The first-order valence-electron chi connectivity index (χ1n) is 8.68. The number of aliphatic hydroxyl groups is 1. The van der Waals surface area contributed by atoms with Crippen molar-refractivity contribution >= 4 is 5.91 Å². The minimum atomic E-state index is -0.324. The third-order valence-electron chi connectivity index (χ3n) is 4.53. The van der Waals surface area contributed by atoms with Crippen LogP contribution in [-0.4, -0.2) is 40.8 Å². The molecule has 2 N–H and O–H groups in total. The van der Waals surface area contributed by atoms with Crippen molar-refractivity contribution < 1.29 is 19.4 Å². The number of aliphatic hydroxyl groups excluding tert-OH is 1. The van der Waals surface area contributed by atoms with Crippen LogP contribution in [0, 0.1) is 5.92 Å². The Morgan fingerprint density at radius 1 is 1.42 bits per heavy atom. The van der Waals surface area contributed by atoms with Gasteiger partial charge in [0.1, 0.15) is 11.3 Å². The van der Waals surface area contributed by atoms with Gasteiger partial charge in [0.15, 0.2) is 0 Å². The zero-order valence-corrected chi connectivity index (χ0v) is 14.9. The monoisotopic (exact) mass is 357 g/mol. The molecule has 26 heavy (non-hydrogen) atoms. The van der Waals surface area contributed by atoms with Crippen molar-refractivity contribution in [3.8, 4) is 11.6 Å². The lowest BCUT2D eigenvalue weighted by Crippen LogP contribution is -2.41. The van der Waals surface area contributed by atoms with E-state index in [0.717, 1.165) is 5.56 Å². The summed E-state index contributed by atoms with van der Waals surface area (Å²) in [5.41, 5.74) is 1.23. The van der Waals surface area contributed by atoms with E-state index in [0.29, 0.717) is 36.6 Å². The maximum atomic E-state index is 12.9. The Morgan fingerprint density at radius 3 is 2.92 bits per heavy atom. The predicted octanol–water partition coefficient (Wildman–Crippen LogP) is 2.13. The van der Waals surface area contributed by atoms with Crippen LogP contribution in [-0.2, 0) is 0 Å². The van der Waals surface area contributed by atoms with Crippen LogP contribution in [0.25, 0.3) is 0 Å². The summed E-state index contributed by atoms with van der Waals surface area (Å²) in [6, 6.07) is 4.97. The van der Waals surface area contributed by atoms with Crippen LogP contribution in [0.3, 0.4) is 0 Å². The molecule has 1 amide bonds. The third kappa shape index (κ3) is 3.94. The Labute approximate surface area is 152 Å². The standard InChI is InChI=1S/C19H23N3O4/c1-3-26-19-16(5-4-6-21-19)18(24)22-17(12-7-14(23)8-12)13-9-15(25-2)11-20-10-13/h4-6,9-12,14,17,23H,3,7-8H2,1-2H3,(H,22,24)/t12?,14?,17-/m0/s1. The number of amides is 1. The van der Waals surface area contributed by atoms with Crippen molar-refractivity contribution in [3.63, 3.8) is 0 Å². The summed E-state index contributed by atoms with van der Waals surface area (Å²) in [4.78, 5) is 21.2. The molecule has 2 aromatic heterocycles. The summed E-state index contributed by atoms with van der Waals surface area (Å²) in [6.45, 7) is 2.27. The van der Waals surface area contributed by atoms with Gasteiger partial charge in [-0.1, -0.05) is 0 Å². The molecule has 138 valence electrons. The van der Waals surface area contributed by atoms with Crippen LogP contribution < -0.4 is 14.8 Å². The fourth-order valence-corrected chi connectivity index (χ4v) is 3.13. The van der Waals surface area contributed by atoms with Crippen LogP contribution in [0.2, 0.25) is 0 Å². The third-order valence-corrected chi connectivity index (χ3v) is 4.53. The van der Waals surface area contributed by atoms with Crippen molar-refractivity contribution in [1.82, 2.24) is 15.3 Å². The predicted molar refractivity (Wildman–Crippen MR) is 95.1 cm³/mol. The van der Waals surface area contributed by atoms with E-state index in [4.69, 9.17) is 9.47 Å². The van der Waals surface area contributed by atoms with Crippen LogP contribution >= 0.6 is 0 Å². The van der Waals surface area contributed by atoms with Gasteiger partial charge >= 0.3 is 0 Å². The van der Waals surface area contributed by atoms with Crippen molar-refractivity contribution in [2.24, 2.45) is 5.92 Å². The molecule has 0 aliphatic heterocycles. The molecule has 0 bridgehead atoms. The van der Waals surface area contributed by atoms with Gasteiger partial charge < -0.3 is 19.9 Å². The molecule has 2 aromatic rings. The van der Waals surface area contributed by atoms with Crippen LogP contribution in [0.5, 0.6) is 11.6 Å². The summed E-state index contributed by atoms with van der Waals surface area (Å²) >= 11 is 0. The molecule has 1 saturated carbocycles.